The van der Waals surface area contributed by atoms with Gasteiger partial charge in [0.05, 0.1) is 13.1 Å². The van der Waals surface area contributed by atoms with Gasteiger partial charge in [-0.25, -0.2) is 5.21 Å². The third-order valence-electron chi connectivity index (χ3n) is 3.80. The van der Waals surface area contributed by atoms with Crippen LogP contribution in [0.1, 0.15) is 11.1 Å². The van der Waals surface area contributed by atoms with Crippen LogP contribution in [0.4, 0.5) is 0 Å². The molecule has 3 heteroatoms. The molecule has 1 N–H and O–H groups in total. The minimum absolute atomic E-state index is 0.887. The molecule has 0 radical (unpaired) electrons. The van der Waals surface area contributed by atoms with Crippen molar-refractivity contribution in [1.82, 2.24) is 14.8 Å². The fourth-order valence-corrected chi connectivity index (χ4v) is 2.62. The van der Waals surface area contributed by atoms with E-state index < -0.39 is 0 Å². The van der Waals surface area contributed by atoms with E-state index >= 15 is 0 Å². The summed E-state index contributed by atoms with van der Waals surface area (Å²) >= 11 is 0. The van der Waals surface area contributed by atoms with Gasteiger partial charge in [-0.1, -0.05) is 66.7 Å². The van der Waals surface area contributed by atoms with E-state index in [0.29, 0.717) is 0 Å². The van der Waals surface area contributed by atoms with Gasteiger partial charge in [0.1, 0.15) is 0 Å². The number of hydrogen-bond acceptors (Lipinski definition) is 0. The van der Waals surface area contributed by atoms with Crippen LogP contribution in [-0.4, -0.2) is 14.8 Å². The van der Waals surface area contributed by atoms with E-state index in [1.165, 1.54) is 21.9 Å². The van der Waals surface area contributed by atoms with E-state index in [4.69, 9.17) is 0 Å². The van der Waals surface area contributed by atoms with Crippen LogP contribution < -0.4 is 0 Å². The lowest BCUT2D eigenvalue weighted by Crippen LogP contribution is -1.99. The average molecular weight is 275 g/mol. The third kappa shape index (κ3) is 2.63. The molecular weight excluding hydrogens is 258 g/mol. The van der Waals surface area contributed by atoms with E-state index in [-0.39, 0.29) is 0 Å². The lowest BCUT2D eigenvalue weighted by Gasteiger charge is -2.01. The molecule has 0 atom stereocenters. The minimum atomic E-state index is 0.887. The monoisotopic (exact) mass is 275 g/mol. The molecule has 104 valence electrons. The van der Waals surface area contributed by atoms with Gasteiger partial charge in [-0.3, -0.25) is 0 Å². The van der Waals surface area contributed by atoms with Crippen molar-refractivity contribution < 1.29 is 0 Å². The smallest absolute Gasteiger partial charge is 0.0847 e. The zero-order valence-electron chi connectivity index (χ0n) is 11.7. The Balaban J connectivity index is 1.49. The molecule has 1 heterocycles. The zero-order valence-corrected chi connectivity index (χ0v) is 11.7. The molecule has 0 saturated carbocycles. The highest BCUT2D eigenvalue weighted by Crippen LogP contribution is 2.16. The van der Waals surface area contributed by atoms with Crippen molar-refractivity contribution in [2.75, 3.05) is 0 Å². The molecule has 0 bridgehead atoms. The molecule has 0 aliphatic carbocycles. The van der Waals surface area contributed by atoms with Gasteiger partial charge in [-0.2, -0.15) is 9.59 Å². The average Bonchev–Trinajstić information content (AvgIpc) is 3.25. The predicted molar refractivity (Wildman–Crippen MR) is 85.4 cm³/mol. The van der Waals surface area contributed by atoms with E-state index in [1.807, 2.05) is 6.07 Å². The van der Waals surface area contributed by atoms with Crippen molar-refractivity contribution in [2.45, 2.75) is 13.1 Å². The normalized spacial score (nSPS) is 11.2. The molecule has 3 aromatic carbocycles. The van der Waals surface area contributed by atoms with Crippen molar-refractivity contribution in [3.8, 4) is 0 Å². The van der Waals surface area contributed by atoms with Gasteiger partial charge in [0, 0.05) is 0 Å². The Bertz CT molecular complexity index is 849. The summed E-state index contributed by atoms with van der Waals surface area (Å²) in [7, 11) is 0. The van der Waals surface area contributed by atoms with E-state index in [0.717, 1.165) is 13.1 Å². The summed E-state index contributed by atoms with van der Waals surface area (Å²) in [6.45, 7) is 1.78. The largest absolute Gasteiger partial charge is 0.207 e. The summed E-state index contributed by atoms with van der Waals surface area (Å²) in [5, 5.41) is 5.87. The lowest BCUT2D eigenvalue weighted by atomic mass is 10.1. The molecule has 0 amide bonds. The van der Waals surface area contributed by atoms with Crippen LogP contribution in [0, 0.1) is 0 Å². The summed E-state index contributed by atoms with van der Waals surface area (Å²) < 4.78 is 0. The van der Waals surface area contributed by atoms with Crippen molar-refractivity contribution in [3.63, 3.8) is 0 Å². The first-order valence-electron chi connectivity index (χ1n) is 7.21. The van der Waals surface area contributed by atoms with E-state index in [2.05, 4.69) is 81.5 Å². The second-order valence-corrected chi connectivity index (χ2v) is 5.38. The quantitative estimate of drug-likeness (QED) is 0.585. The van der Waals surface area contributed by atoms with Crippen molar-refractivity contribution in [3.05, 3.63) is 83.9 Å². The van der Waals surface area contributed by atoms with Gasteiger partial charge in [0.2, 0.25) is 0 Å². The third-order valence-corrected chi connectivity index (χ3v) is 3.80. The number of fused-ring (bicyclic) bond motifs is 1. The zero-order chi connectivity index (χ0) is 14.1. The molecule has 1 aromatic heterocycles. The fourth-order valence-electron chi connectivity index (χ4n) is 2.62. The molecule has 3 nitrogen and oxygen atoms in total. The van der Waals surface area contributed by atoms with Crippen LogP contribution in [0.5, 0.6) is 0 Å². The molecule has 0 aliphatic heterocycles. The van der Waals surface area contributed by atoms with Gasteiger partial charge in [0.25, 0.3) is 0 Å². The van der Waals surface area contributed by atoms with Crippen molar-refractivity contribution in [1.29, 1.82) is 0 Å². The summed E-state index contributed by atoms with van der Waals surface area (Å²) in [5.74, 6) is 0. The number of benzene rings is 3. The number of hydrogen-bond donors (Lipinski definition) is 1. The lowest BCUT2D eigenvalue weighted by molar-refractivity contribution is 0.665. The second kappa shape index (κ2) is 5.02. The Morgan fingerprint density at radius 1 is 0.619 bits per heavy atom. The highest BCUT2D eigenvalue weighted by Gasteiger charge is 2.08. The predicted octanol–water partition coefficient (Wildman–Crippen LogP) is 3.87. The van der Waals surface area contributed by atoms with E-state index in [9.17, 15) is 0 Å². The molecule has 4 rings (SSSR count). The number of H-pyrrole nitrogens is 1. The maximum atomic E-state index is 3.28. The minimum Gasteiger partial charge on any atom is -0.207 e. The van der Waals surface area contributed by atoms with Crippen LogP contribution in [0.25, 0.3) is 10.8 Å². The first kappa shape index (κ1) is 12.1. The molecule has 0 saturated heterocycles. The molecule has 0 aliphatic rings. The van der Waals surface area contributed by atoms with Crippen molar-refractivity contribution in [2.24, 2.45) is 0 Å². The first-order chi connectivity index (χ1) is 10.4. The van der Waals surface area contributed by atoms with Crippen LogP contribution in [-0.2, 0) is 13.1 Å². The molecular formula is C18H17N3. The summed E-state index contributed by atoms with van der Waals surface area (Å²) in [4.78, 5) is 4.27. The van der Waals surface area contributed by atoms with Gasteiger partial charge < -0.3 is 0 Å². The molecule has 0 unspecified atom stereocenters. The van der Waals surface area contributed by atoms with E-state index in [1.54, 1.807) is 0 Å². The highest BCUT2D eigenvalue weighted by molar-refractivity contribution is 5.82. The maximum Gasteiger partial charge on any atom is 0.0847 e. The van der Waals surface area contributed by atoms with Gasteiger partial charge in [0.15, 0.2) is 0 Å². The molecule has 0 fully saturated rings. The number of aromatic amines is 1. The first-order valence-corrected chi connectivity index (χ1v) is 7.21. The van der Waals surface area contributed by atoms with Gasteiger partial charge in [-0.15, -0.1) is 0 Å². The molecule has 0 spiro atoms. The summed E-state index contributed by atoms with van der Waals surface area (Å²) in [6.07, 6.45) is 0. The topological polar surface area (TPSA) is 25.6 Å². The Hall–Kier alpha value is -2.68. The summed E-state index contributed by atoms with van der Waals surface area (Å²) in [5.41, 5.74) is 2.63. The standard InChI is InChI=1S/C18H17N3/c1-2-6-15(7-3-1)13-20-19-21(20)14-16-10-11-17-8-4-5-9-18(17)12-16/h1-12,19H,13-14H2. The fraction of sp³-hybridized carbons (Fsp3) is 0.111. The summed E-state index contributed by atoms with van der Waals surface area (Å²) in [6, 6.07) is 25.6. The number of aromatic nitrogens is 3. The maximum absolute atomic E-state index is 3.28. The van der Waals surface area contributed by atoms with Crippen LogP contribution >= 0.6 is 0 Å². The Labute approximate surface area is 123 Å². The SMILES string of the molecule is c1ccc(Cn2[nH]n2Cc2ccc3ccccc3c2)cc1. The van der Waals surface area contributed by atoms with Crippen LogP contribution in [0.15, 0.2) is 72.8 Å². The molecule has 21 heavy (non-hydrogen) atoms. The van der Waals surface area contributed by atoms with Gasteiger partial charge in [-0.05, 0) is 28.0 Å². The Kier molecular flexibility index (Phi) is 2.89. The molecule has 4 aromatic rings. The number of nitrogens with zero attached hydrogens (tertiary/aromatic N) is 2. The number of rotatable bonds is 4. The van der Waals surface area contributed by atoms with Crippen LogP contribution in [0.2, 0.25) is 0 Å². The van der Waals surface area contributed by atoms with Crippen LogP contribution in [0.3, 0.4) is 0 Å². The van der Waals surface area contributed by atoms with Gasteiger partial charge >= 0.3 is 0 Å². The highest BCUT2D eigenvalue weighted by atomic mass is 15.8. The second-order valence-electron chi connectivity index (χ2n) is 5.38. The Morgan fingerprint density at radius 2 is 1.29 bits per heavy atom. The Morgan fingerprint density at radius 3 is 2.10 bits per heavy atom. The number of nitrogens with one attached hydrogen (secondary N) is 1. The van der Waals surface area contributed by atoms with Crippen molar-refractivity contribution >= 4 is 10.8 Å².